The minimum absolute atomic E-state index is 0.102. The van der Waals surface area contributed by atoms with Gasteiger partial charge in [0.1, 0.15) is 11.6 Å². The quantitative estimate of drug-likeness (QED) is 0.568. The van der Waals surface area contributed by atoms with Gasteiger partial charge < -0.3 is 14.8 Å². The number of amides is 1. The van der Waals surface area contributed by atoms with Gasteiger partial charge in [-0.05, 0) is 51.5 Å². The molecule has 0 fully saturated rings. The first kappa shape index (κ1) is 20.2. The molecule has 0 saturated carbocycles. The maximum absolute atomic E-state index is 12.2. The number of nitrogens with one attached hydrogen (secondary N) is 1. The molecule has 27 heavy (non-hydrogen) atoms. The van der Waals surface area contributed by atoms with E-state index in [1.54, 1.807) is 23.0 Å². The van der Waals surface area contributed by atoms with E-state index in [1.165, 1.54) is 13.0 Å². The van der Waals surface area contributed by atoms with Crippen LogP contribution in [0.5, 0.6) is 5.75 Å². The fourth-order valence-electron chi connectivity index (χ4n) is 2.33. The molecule has 0 radical (unpaired) electrons. The molecule has 0 aliphatic rings. The van der Waals surface area contributed by atoms with Crippen molar-refractivity contribution >= 4 is 23.8 Å². The van der Waals surface area contributed by atoms with Crippen LogP contribution < -0.4 is 10.1 Å². The molecule has 1 aromatic heterocycles. The average Bonchev–Trinajstić information content (AvgIpc) is 3.09. The van der Waals surface area contributed by atoms with Gasteiger partial charge in [-0.3, -0.25) is 4.79 Å². The van der Waals surface area contributed by atoms with Crippen molar-refractivity contribution in [3.05, 3.63) is 48.2 Å². The molecular formula is C20H25N3O4. The van der Waals surface area contributed by atoms with E-state index >= 15 is 0 Å². The minimum atomic E-state index is -0.932. The number of rotatable bonds is 8. The van der Waals surface area contributed by atoms with E-state index in [4.69, 9.17) is 9.47 Å². The number of benzene rings is 1. The Bertz CT molecular complexity index is 794. The maximum atomic E-state index is 12.2. The lowest BCUT2D eigenvalue weighted by molar-refractivity contribution is -0.148. The first-order valence-corrected chi connectivity index (χ1v) is 8.86. The van der Waals surface area contributed by atoms with E-state index in [0.29, 0.717) is 12.4 Å². The minimum Gasteiger partial charge on any atom is -0.494 e. The maximum Gasteiger partial charge on any atom is 0.331 e. The SMILES string of the molecule is CCOc1ccc(/C=C/C(=O)O[C@H](C)C(=O)Nc2ccnn2C(C)C)cc1. The number of hydrogen-bond donors (Lipinski definition) is 1. The van der Waals surface area contributed by atoms with Crippen LogP contribution in [-0.4, -0.2) is 34.4 Å². The third-order valence-corrected chi connectivity index (χ3v) is 3.68. The zero-order chi connectivity index (χ0) is 19.8. The van der Waals surface area contributed by atoms with Crippen LogP contribution in [0.25, 0.3) is 6.08 Å². The number of nitrogens with zero attached hydrogens (tertiary/aromatic N) is 2. The zero-order valence-electron chi connectivity index (χ0n) is 16.0. The van der Waals surface area contributed by atoms with Gasteiger partial charge in [-0.15, -0.1) is 0 Å². The number of hydrogen-bond acceptors (Lipinski definition) is 5. The number of carbonyl (C=O) groups is 2. The predicted octanol–water partition coefficient (Wildman–Crippen LogP) is 3.45. The standard InChI is InChI=1S/C20H25N3O4/c1-5-26-17-9-6-16(7-10-17)8-11-19(24)27-15(4)20(25)22-18-12-13-21-23(18)14(2)3/h6-15H,5H2,1-4H3,(H,22,25)/b11-8+/t15-/m1/s1. The summed E-state index contributed by atoms with van der Waals surface area (Å²) < 4.78 is 12.2. The van der Waals surface area contributed by atoms with Gasteiger partial charge in [-0.25, -0.2) is 9.48 Å². The van der Waals surface area contributed by atoms with E-state index in [1.807, 2.05) is 45.0 Å². The fraction of sp³-hybridized carbons (Fsp3) is 0.350. The second-order valence-corrected chi connectivity index (χ2v) is 6.16. The highest BCUT2D eigenvalue weighted by Gasteiger charge is 2.18. The van der Waals surface area contributed by atoms with Crippen LogP contribution in [0.3, 0.4) is 0 Å². The zero-order valence-corrected chi connectivity index (χ0v) is 16.0. The summed E-state index contributed by atoms with van der Waals surface area (Å²) in [6.07, 6.45) is 3.58. The van der Waals surface area contributed by atoms with Gasteiger partial charge >= 0.3 is 5.97 Å². The molecule has 0 bridgehead atoms. The van der Waals surface area contributed by atoms with Crippen molar-refractivity contribution in [2.45, 2.75) is 39.8 Å². The monoisotopic (exact) mass is 371 g/mol. The van der Waals surface area contributed by atoms with Crippen LogP contribution >= 0.6 is 0 Å². The number of ether oxygens (including phenoxy) is 2. The molecule has 7 nitrogen and oxygen atoms in total. The summed E-state index contributed by atoms with van der Waals surface area (Å²) in [4.78, 5) is 24.2. The van der Waals surface area contributed by atoms with Crippen molar-refractivity contribution in [1.29, 1.82) is 0 Å². The Kier molecular flexibility index (Phi) is 7.16. The van der Waals surface area contributed by atoms with Gasteiger partial charge in [-0.2, -0.15) is 5.10 Å². The lowest BCUT2D eigenvalue weighted by atomic mass is 10.2. The molecule has 0 aliphatic carbocycles. The Morgan fingerprint density at radius 1 is 1.19 bits per heavy atom. The van der Waals surface area contributed by atoms with Gasteiger partial charge in [-0.1, -0.05) is 12.1 Å². The molecule has 0 unspecified atom stereocenters. The second kappa shape index (κ2) is 9.56. The van der Waals surface area contributed by atoms with Crippen LogP contribution in [0.1, 0.15) is 39.3 Å². The number of carbonyl (C=O) groups excluding carboxylic acids is 2. The lowest BCUT2D eigenvalue weighted by Crippen LogP contribution is -2.30. The number of anilines is 1. The Labute approximate surface area is 159 Å². The van der Waals surface area contributed by atoms with Crippen LogP contribution in [0, 0.1) is 0 Å². The molecule has 144 valence electrons. The molecule has 1 heterocycles. The molecule has 0 aliphatic heterocycles. The normalized spacial score (nSPS) is 12.2. The average molecular weight is 371 g/mol. The molecule has 2 aromatic rings. The lowest BCUT2D eigenvalue weighted by Gasteiger charge is -2.15. The van der Waals surface area contributed by atoms with Crippen molar-refractivity contribution in [1.82, 2.24) is 9.78 Å². The molecular weight excluding hydrogens is 346 g/mol. The summed E-state index contributed by atoms with van der Waals surface area (Å²) in [5.41, 5.74) is 0.827. The third kappa shape index (κ3) is 5.99. The van der Waals surface area contributed by atoms with E-state index in [0.717, 1.165) is 11.3 Å². The van der Waals surface area contributed by atoms with Crippen molar-refractivity contribution < 1.29 is 19.1 Å². The molecule has 1 atom stereocenters. The molecule has 1 amide bonds. The summed E-state index contributed by atoms with van der Waals surface area (Å²) >= 11 is 0. The highest BCUT2D eigenvalue weighted by Crippen LogP contribution is 2.14. The van der Waals surface area contributed by atoms with Crippen LogP contribution in [0.15, 0.2) is 42.6 Å². The molecule has 2 rings (SSSR count). The number of esters is 1. The van der Waals surface area contributed by atoms with Gasteiger partial charge in [0, 0.05) is 18.2 Å². The molecule has 1 N–H and O–H groups in total. The fourth-order valence-corrected chi connectivity index (χ4v) is 2.33. The third-order valence-electron chi connectivity index (χ3n) is 3.68. The Hall–Kier alpha value is -3.09. The summed E-state index contributed by atoms with van der Waals surface area (Å²) in [7, 11) is 0. The van der Waals surface area contributed by atoms with Crippen molar-refractivity contribution in [3.63, 3.8) is 0 Å². The molecule has 7 heteroatoms. The molecule has 0 spiro atoms. The molecule has 1 aromatic carbocycles. The largest absolute Gasteiger partial charge is 0.494 e. The van der Waals surface area contributed by atoms with Gasteiger partial charge in [0.25, 0.3) is 5.91 Å². The summed E-state index contributed by atoms with van der Waals surface area (Å²) in [6.45, 7) is 7.95. The highest BCUT2D eigenvalue weighted by molar-refractivity contribution is 5.96. The summed E-state index contributed by atoms with van der Waals surface area (Å²) in [5.74, 6) is 0.315. The van der Waals surface area contributed by atoms with Crippen molar-refractivity contribution in [2.75, 3.05) is 11.9 Å². The van der Waals surface area contributed by atoms with Gasteiger partial charge in [0.15, 0.2) is 6.10 Å². The van der Waals surface area contributed by atoms with E-state index in [-0.39, 0.29) is 6.04 Å². The summed E-state index contributed by atoms with van der Waals surface area (Å²) in [6, 6.07) is 9.10. The van der Waals surface area contributed by atoms with Crippen LogP contribution in [0.2, 0.25) is 0 Å². The van der Waals surface area contributed by atoms with Crippen molar-refractivity contribution in [2.24, 2.45) is 0 Å². The van der Waals surface area contributed by atoms with E-state index in [2.05, 4.69) is 10.4 Å². The molecule has 0 saturated heterocycles. The first-order valence-electron chi connectivity index (χ1n) is 8.86. The predicted molar refractivity (Wildman–Crippen MR) is 103 cm³/mol. The van der Waals surface area contributed by atoms with Gasteiger partial charge in [0.05, 0.1) is 12.8 Å². The summed E-state index contributed by atoms with van der Waals surface area (Å²) in [5, 5.41) is 6.86. The Morgan fingerprint density at radius 3 is 2.52 bits per heavy atom. The van der Waals surface area contributed by atoms with Crippen LogP contribution in [-0.2, 0) is 14.3 Å². The van der Waals surface area contributed by atoms with Gasteiger partial charge in [0.2, 0.25) is 0 Å². The van der Waals surface area contributed by atoms with E-state index < -0.39 is 18.0 Å². The first-order chi connectivity index (χ1) is 12.9. The highest BCUT2D eigenvalue weighted by atomic mass is 16.5. The Balaban J connectivity index is 1.88. The van der Waals surface area contributed by atoms with E-state index in [9.17, 15) is 9.59 Å². The second-order valence-electron chi connectivity index (χ2n) is 6.16. The van der Waals surface area contributed by atoms with Crippen molar-refractivity contribution in [3.8, 4) is 5.75 Å². The van der Waals surface area contributed by atoms with Crippen LogP contribution in [0.4, 0.5) is 5.82 Å². The number of aromatic nitrogens is 2. The topological polar surface area (TPSA) is 82.4 Å². The Morgan fingerprint density at radius 2 is 1.89 bits per heavy atom. The smallest absolute Gasteiger partial charge is 0.331 e.